The maximum absolute atomic E-state index is 12.5. The summed E-state index contributed by atoms with van der Waals surface area (Å²) >= 11 is 0. The molecule has 0 aromatic heterocycles. The van der Waals surface area contributed by atoms with E-state index in [1.165, 1.54) is 30.3 Å². The highest BCUT2D eigenvalue weighted by molar-refractivity contribution is 6.03. The van der Waals surface area contributed by atoms with Crippen molar-refractivity contribution < 1.29 is 27.9 Å². The first kappa shape index (κ1) is 18.3. The van der Waals surface area contributed by atoms with Crippen molar-refractivity contribution in [3.63, 3.8) is 0 Å². The van der Waals surface area contributed by atoms with Crippen molar-refractivity contribution >= 4 is 23.1 Å². The molecule has 0 heterocycles. The number of anilines is 1. The van der Waals surface area contributed by atoms with E-state index < -0.39 is 23.6 Å². The van der Waals surface area contributed by atoms with Gasteiger partial charge < -0.3 is 10.4 Å². The molecule has 0 fully saturated rings. The van der Waals surface area contributed by atoms with Gasteiger partial charge in [0, 0.05) is 0 Å². The monoisotopic (exact) mass is 349 g/mol. The third-order valence-electron chi connectivity index (χ3n) is 3.43. The fraction of sp³-hybridized carbons (Fsp3) is 0.111. The Morgan fingerprint density at radius 3 is 2.20 bits per heavy atom. The lowest BCUT2D eigenvalue weighted by Crippen LogP contribution is -2.14. The Morgan fingerprint density at radius 2 is 1.64 bits per heavy atom. The minimum absolute atomic E-state index is 0.0593. The molecular formula is C18H14F3NO3. The van der Waals surface area contributed by atoms with Gasteiger partial charge in [0.05, 0.1) is 23.2 Å². The number of hydrogen-bond acceptors (Lipinski definition) is 2. The molecule has 0 unspecified atom stereocenters. The molecule has 0 saturated carbocycles. The van der Waals surface area contributed by atoms with Crippen LogP contribution in [0.25, 0.3) is 5.57 Å². The van der Waals surface area contributed by atoms with Gasteiger partial charge in [0.25, 0.3) is 0 Å². The van der Waals surface area contributed by atoms with Crippen molar-refractivity contribution in [1.82, 2.24) is 0 Å². The summed E-state index contributed by atoms with van der Waals surface area (Å²) in [5.41, 5.74) is 0.00815. The Morgan fingerprint density at radius 1 is 1.04 bits per heavy atom. The Labute approximate surface area is 141 Å². The molecule has 2 aromatic carbocycles. The SMILES string of the molecule is C=C(CC(=O)Nc1ccccc1C(=O)O)c1ccc(C(F)(F)F)cc1. The van der Waals surface area contributed by atoms with Crippen LogP contribution in [0, 0.1) is 0 Å². The zero-order valence-electron chi connectivity index (χ0n) is 12.9. The number of benzene rings is 2. The van der Waals surface area contributed by atoms with Crippen LogP contribution in [0.15, 0.2) is 55.1 Å². The van der Waals surface area contributed by atoms with Crippen LogP contribution in [-0.4, -0.2) is 17.0 Å². The van der Waals surface area contributed by atoms with Crippen LogP contribution in [0.5, 0.6) is 0 Å². The Hall–Kier alpha value is -3.09. The van der Waals surface area contributed by atoms with Crippen molar-refractivity contribution in [3.05, 3.63) is 71.8 Å². The summed E-state index contributed by atoms with van der Waals surface area (Å²) in [6, 6.07) is 10.2. The van der Waals surface area contributed by atoms with Gasteiger partial charge in [-0.1, -0.05) is 30.8 Å². The van der Waals surface area contributed by atoms with Gasteiger partial charge in [-0.15, -0.1) is 0 Å². The summed E-state index contributed by atoms with van der Waals surface area (Å²) in [4.78, 5) is 23.2. The van der Waals surface area contributed by atoms with Gasteiger partial charge in [-0.25, -0.2) is 4.79 Å². The average Bonchev–Trinajstić information content (AvgIpc) is 2.54. The number of para-hydroxylation sites is 1. The molecule has 2 aromatic rings. The zero-order valence-corrected chi connectivity index (χ0v) is 12.9. The van der Waals surface area contributed by atoms with Gasteiger partial charge in [-0.2, -0.15) is 13.2 Å². The van der Waals surface area contributed by atoms with Crippen LogP contribution in [0.4, 0.5) is 18.9 Å². The molecule has 7 heteroatoms. The quantitative estimate of drug-likeness (QED) is 0.838. The number of hydrogen-bond donors (Lipinski definition) is 2. The van der Waals surface area contributed by atoms with E-state index in [-0.39, 0.29) is 17.7 Å². The molecule has 1 amide bonds. The highest BCUT2D eigenvalue weighted by atomic mass is 19.4. The molecule has 0 radical (unpaired) electrons. The molecule has 0 bridgehead atoms. The number of halogens is 3. The largest absolute Gasteiger partial charge is 0.478 e. The normalized spacial score (nSPS) is 11.0. The Bertz CT molecular complexity index is 811. The van der Waals surface area contributed by atoms with E-state index >= 15 is 0 Å². The molecule has 25 heavy (non-hydrogen) atoms. The molecule has 0 atom stereocenters. The number of carboxylic acids is 1. The van der Waals surface area contributed by atoms with Gasteiger partial charge in [0.2, 0.25) is 5.91 Å². The molecular weight excluding hydrogens is 335 g/mol. The smallest absolute Gasteiger partial charge is 0.416 e. The van der Waals surface area contributed by atoms with E-state index in [1.807, 2.05) is 0 Å². The van der Waals surface area contributed by atoms with Gasteiger partial charge in [-0.3, -0.25) is 4.79 Å². The topological polar surface area (TPSA) is 66.4 Å². The van der Waals surface area contributed by atoms with Crippen LogP contribution in [0.1, 0.15) is 27.9 Å². The summed E-state index contributed by atoms with van der Waals surface area (Å²) in [6.07, 6.45) is -4.61. The number of carbonyl (C=O) groups excluding carboxylic acids is 1. The zero-order chi connectivity index (χ0) is 18.6. The Kier molecular flexibility index (Phi) is 5.26. The first-order valence-electron chi connectivity index (χ1n) is 7.16. The van der Waals surface area contributed by atoms with E-state index in [9.17, 15) is 22.8 Å². The van der Waals surface area contributed by atoms with Gasteiger partial charge in [0.15, 0.2) is 0 Å². The average molecular weight is 349 g/mol. The predicted octanol–water partition coefficient (Wildman–Crippen LogP) is 4.45. The minimum Gasteiger partial charge on any atom is -0.478 e. The first-order chi connectivity index (χ1) is 11.7. The molecule has 4 nitrogen and oxygen atoms in total. The van der Waals surface area contributed by atoms with Crippen LogP contribution < -0.4 is 5.32 Å². The molecule has 2 N–H and O–H groups in total. The molecule has 0 saturated heterocycles. The second-order valence-electron chi connectivity index (χ2n) is 5.25. The van der Waals surface area contributed by atoms with Gasteiger partial charge >= 0.3 is 12.1 Å². The summed E-state index contributed by atoms with van der Waals surface area (Å²) in [5, 5.41) is 11.5. The number of rotatable bonds is 5. The highest BCUT2D eigenvalue weighted by Gasteiger charge is 2.30. The summed E-state index contributed by atoms with van der Waals surface area (Å²) in [6.45, 7) is 3.70. The fourth-order valence-corrected chi connectivity index (χ4v) is 2.16. The maximum Gasteiger partial charge on any atom is 0.416 e. The Balaban J connectivity index is 2.06. The van der Waals surface area contributed by atoms with Crippen molar-refractivity contribution in [2.24, 2.45) is 0 Å². The van der Waals surface area contributed by atoms with Gasteiger partial charge in [-0.05, 0) is 35.4 Å². The van der Waals surface area contributed by atoms with Gasteiger partial charge in [0.1, 0.15) is 0 Å². The lowest BCUT2D eigenvalue weighted by molar-refractivity contribution is -0.137. The van der Waals surface area contributed by atoms with Crippen molar-refractivity contribution in [2.45, 2.75) is 12.6 Å². The van der Waals surface area contributed by atoms with E-state index in [4.69, 9.17) is 5.11 Å². The van der Waals surface area contributed by atoms with Crippen molar-refractivity contribution in [1.29, 1.82) is 0 Å². The number of carboxylic acid groups (broad SMARTS) is 1. The summed E-state index contributed by atoms with van der Waals surface area (Å²) in [5.74, 6) is -1.70. The molecule has 0 spiro atoms. The lowest BCUT2D eigenvalue weighted by atomic mass is 10.0. The third kappa shape index (κ3) is 4.69. The summed E-state index contributed by atoms with van der Waals surface area (Å²) < 4.78 is 37.6. The number of amides is 1. The second kappa shape index (κ2) is 7.21. The molecule has 2 rings (SSSR count). The first-order valence-corrected chi connectivity index (χ1v) is 7.16. The van der Waals surface area contributed by atoms with Crippen molar-refractivity contribution in [3.8, 4) is 0 Å². The van der Waals surface area contributed by atoms with E-state index in [0.717, 1.165) is 12.1 Å². The van der Waals surface area contributed by atoms with E-state index in [1.54, 1.807) is 6.07 Å². The van der Waals surface area contributed by atoms with Crippen LogP contribution in [-0.2, 0) is 11.0 Å². The molecule has 130 valence electrons. The highest BCUT2D eigenvalue weighted by Crippen LogP contribution is 2.30. The van der Waals surface area contributed by atoms with Crippen LogP contribution in [0.2, 0.25) is 0 Å². The van der Waals surface area contributed by atoms with Crippen molar-refractivity contribution in [2.75, 3.05) is 5.32 Å². The second-order valence-corrected chi connectivity index (χ2v) is 5.25. The molecule has 0 aliphatic carbocycles. The summed E-state index contributed by atoms with van der Waals surface area (Å²) in [7, 11) is 0. The lowest BCUT2D eigenvalue weighted by Gasteiger charge is -2.11. The number of carbonyl (C=O) groups is 2. The third-order valence-corrected chi connectivity index (χ3v) is 3.43. The van der Waals surface area contributed by atoms with Crippen LogP contribution in [0.3, 0.4) is 0 Å². The maximum atomic E-state index is 12.5. The number of aromatic carboxylic acids is 1. The molecule has 0 aliphatic heterocycles. The standard InChI is InChI=1S/C18H14F3NO3/c1-11(12-6-8-13(9-7-12)18(19,20)21)10-16(23)22-15-5-3-2-4-14(15)17(24)25/h2-9H,1,10H2,(H,22,23)(H,24,25). The fourth-order valence-electron chi connectivity index (χ4n) is 2.16. The van der Waals surface area contributed by atoms with E-state index in [2.05, 4.69) is 11.9 Å². The number of nitrogens with one attached hydrogen (secondary N) is 1. The minimum atomic E-state index is -4.43. The molecule has 0 aliphatic rings. The number of alkyl halides is 3. The van der Waals surface area contributed by atoms with Crippen LogP contribution >= 0.6 is 0 Å². The van der Waals surface area contributed by atoms with E-state index in [0.29, 0.717) is 11.1 Å². The predicted molar refractivity (Wildman–Crippen MR) is 87.1 cm³/mol.